The molecular formula is C16H24FN3O. The van der Waals surface area contributed by atoms with E-state index in [4.69, 9.17) is 0 Å². The molecule has 0 spiro atoms. The molecule has 0 unspecified atom stereocenters. The van der Waals surface area contributed by atoms with E-state index in [2.05, 4.69) is 4.90 Å². The summed E-state index contributed by atoms with van der Waals surface area (Å²) >= 11 is 0. The van der Waals surface area contributed by atoms with Crippen LogP contribution < -0.4 is 0 Å². The summed E-state index contributed by atoms with van der Waals surface area (Å²) in [6.45, 7) is 4.31. The van der Waals surface area contributed by atoms with E-state index in [-0.39, 0.29) is 11.8 Å². The predicted molar refractivity (Wildman–Crippen MR) is 81.8 cm³/mol. The number of carbonyl (C=O) groups excluding carboxylic acids is 1. The fourth-order valence-electron chi connectivity index (χ4n) is 2.64. The summed E-state index contributed by atoms with van der Waals surface area (Å²) < 4.78 is 13.5. The average Bonchev–Trinajstić information content (AvgIpc) is 2.49. The van der Waals surface area contributed by atoms with Crippen LogP contribution in [0.3, 0.4) is 0 Å². The topological polar surface area (TPSA) is 26.8 Å². The molecule has 0 N–H and O–H groups in total. The Labute approximate surface area is 126 Å². The van der Waals surface area contributed by atoms with Crippen LogP contribution in [-0.2, 0) is 6.42 Å². The van der Waals surface area contributed by atoms with Gasteiger partial charge in [-0.25, -0.2) is 9.18 Å². The van der Waals surface area contributed by atoms with Gasteiger partial charge in [-0.15, -0.1) is 0 Å². The van der Waals surface area contributed by atoms with Crippen molar-refractivity contribution in [3.05, 3.63) is 35.6 Å². The van der Waals surface area contributed by atoms with Crippen molar-refractivity contribution in [3.8, 4) is 0 Å². The van der Waals surface area contributed by atoms with Crippen molar-refractivity contribution in [1.29, 1.82) is 0 Å². The van der Waals surface area contributed by atoms with Crippen molar-refractivity contribution in [2.75, 3.05) is 46.8 Å². The Balaban J connectivity index is 1.70. The summed E-state index contributed by atoms with van der Waals surface area (Å²) in [6, 6.07) is 7.05. The molecule has 5 heteroatoms. The molecular weight excluding hydrogens is 269 g/mol. The Hall–Kier alpha value is -1.62. The van der Waals surface area contributed by atoms with E-state index in [0.717, 1.165) is 51.1 Å². The lowest BCUT2D eigenvalue weighted by molar-refractivity contribution is 0.122. The molecule has 0 aliphatic carbocycles. The molecule has 116 valence electrons. The third kappa shape index (κ3) is 4.43. The molecule has 0 bridgehead atoms. The summed E-state index contributed by atoms with van der Waals surface area (Å²) in [7, 11) is 3.56. The largest absolute Gasteiger partial charge is 0.331 e. The fraction of sp³-hybridized carbons (Fsp3) is 0.562. The molecule has 1 aromatic carbocycles. The lowest BCUT2D eigenvalue weighted by Gasteiger charge is -2.35. The minimum absolute atomic E-state index is 0.0843. The lowest BCUT2D eigenvalue weighted by atomic mass is 10.1. The maximum absolute atomic E-state index is 13.5. The van der Waals surface area contributed by atoms with Crippen LogP contribution in [0.1, 0.15) is 12.0 Å². The van der Waals surface area contributed by atoms with Gasteiger partial charge < -0.3 is 9.80 Å². The number of rotatable bonds is 4. The summed E-state index contributed by atoms with van der Waals surface area (Å²) in [4.78, 5) is 17.7. The number of benzene rings is 1. The Morgan fingerprint density at radius 2 is 1.86 bits per heavy atom. The first-order valence-corrected chi connectivity index (χ1v) is 7.50. The zero-order valence-corrected chi connectivity index (χ0v) is 12.9. The zero-order chi connectivity index (χ0) is 15.2. The second-order valence-corrected chi connectivity index (χ2v) is 5.70. The molecule has 1 aliphatic heterocycles. The van der Waals surface area contributed by atoms with E-state index >= 15 is 0 Å². The number of halogens is 1. The Morgan fingerprint density at radius 3 is 2.48 bits per heavy atom. The molecule has 1 aromatic rings. The maximum Gasteiger partial charge on any atom is 0.319 e. The normalized spacial score (nSPS) is 16.0. The van der Waals surface area contributed by atoms with Crippen LogP contribution in [0.25, 0.3) is 0 Å². The van der Waals surface area contributed by atoms with Crippen molar-refractivity contribution in [2.45, 2.75) is 12.8 Å². The second kappa shape index (κ2) is 7.41. The minimum atomic E-state index is -0.112. The number of hydrogen-bond donors (Lipinski definition) is 0. The van der Waals surface area contributed by atoms with Crippen LogP contribution in [0, 0.1) is 5.82 Å². The molecule has 1 fully saturated rings. The van der Waals surface area contributed by atoms with Crippen molar-refractivity contribution in [2.24, 2.45) is 0 Å². The minimum Gasteiger partial charge on any atom is -0.331 e. The molecule has 21 heavy (non-hydrogen) atoms. The number of nitrogens with zero attached hydrogens (tertiary/aromatic N) is 3. The van der Waals surface area contributed by atoms with E-state index in [9.17, 15) is 9.18 Å². The first kappa shape index (κ1) is 15.8. The van der Waals surface area contributed by atoms with Crippen molar-refractivity contribution >= 4 is 6.03 Å². The number of amides is 2. The first-order valence-electron chi connectivity index (χ1n) is 7.50. The number of carbonyl (C=O) groups is 1. The van der Waals surface area contributed by atoms with E-state index in [0.29, 0.717) is 0 Å². The number of piperazine rings is 1. The number of urea groups is 1. The highest BCUT2D eigenvalue weighted by Crippen LogP contribution is 2.10. The average molecular weight is 293 g/mol. The van der Waals surface area contributed by atoms with Crippen molar-refractivity contribution in [3.63, 3.8) is 0 Å². The lowest BCUT2D eigenvalue weighted by Crippen LogP contribution is -2.51. The summed E-state index contributed by atoms with van der Waals surface area (Å²) in [5, 5.41) is 0. The highest BCUT2D eigenvalue weighted by atomic mass is 19.1. The molecule has 4 nitrogen and oxygen atoms in total. The number of hydrogen-bond acceptors (Lipinski definition) is 2. The van der Waals surface area contributed by atoms with Crippen molar-refractivity contribution < 1.29 is 9.18 Å². The Morgan fingerprint density at radius 1 is 1.19 bits per heavy atom. The predicted octanol–water partition coefficient (Wildman–Crippen LogP) is 2.06. The molecule has 1 aliphatic rings. The maximum atomic E-state index is 13.5. The van der Waals surface area contributed by atoms with E-state index in [1.807, 2.05) is 17.0 Å². The molecule has 1 heterocycles. The van der Waals surface area contributed by atoms with Gasteiger partial charge in [-0.1, -0.05) is 18.2 Å². The van der Waals surface area contributed by atoms with Crippen LogP contribution in [0.2, 0.25) is 0 Å². The van der Waals surface area contributed by atoms with Gasteiger partial charge in [0.25, 0.3) is 0 Å². The Bertz CT molecular complexity index is 470. The molecule has 0 aromatic heterocycles. The molecule has 1 saturated heterocycles. The van der Waals surface area contributed by atoms with Gasteiger partial charge in [0.05, 0.1) is 0 Å². The van der Waals surface area contributed by atoms with Gasteiger partial charge in [-0.3, -0.25) is 4.90 Å². The van der Waals surface area contributed by atoms with Crippen LogP contribution in [-0.4, -0.2) is 67.5 Å². The molecule has 0 atom stereocenters. The molecule has 2 amide bonds. The monoisotopic (exact) mass is 293 g/mol. The standard InChI is InChI=1S/C16H24FN3O/c1-18(2)16(21)20-12-10-19(11-13-20)9-5-7-14-6-3-4-8-15(14)17/h3-4,6,8H,5,7,9-13H2,1-2H3. The molecule has 2 rings (SSSR count). The van der Waals surface area contributed by atoms with E-state index < -0.39 is 0 Å². The van der Waals surface area contributed by atoms with Gasteiger partial charge in [0.15, 0.2) is 0 Å². The number of aryl methyl sites for hydroxylation is 1. The fourth-order valence-corrected chi connectivity index (χ4v) is 2.64. The summed E-state index contributed by atoms with van der Waals surface area (Å²) in [5.74, 6) is -0.112. The van der Waals surface area contributed by atoms with Crippen molar-refractivity contribution in [1.82, 2.24) is 14.7 Å². The first-order chi connectivity index (χ1) is 10.1. The van der Waals surface area contributed by atoms with Crippen LogP contribution in [0.15, 0.2) is 24.3 Å². The van der Waals surface area contributed by atoms with E-state index in [1.54, 1.807) is 25.1 Å². The Kier molecular flexibility index (Phi) is 5.56. The van der Waals surface area contributed by atoms with E-state index in [1.165, 1.54) is 6.07 Å². The zero-order valence-electron chi connectivity index (χ0n) is 12.9. The molecule has 0 radical (unpaired) electrons. The third-order valence-electron chi connectivity index (χ3n) is 3.90. The second-order valence-electron chi connectivity index (χ2n) is 5.70. The summed E-state index contributed by atoms with van der Waals surface area (Å²) in [6.07, 6.45) is 1.71. The van der Waals surface area contributed by atoms with Crippen LogP contribution >= 0.6 is 0 Å². The quantitative estimate of drug-likeness (QED) is 0.849. The van der Waals surface area contributed by atoms with Gasteiger partial charge in [0.2, 0.25) is 0 Å². The van der Waals surface area contributed by atoms with Gasteiger partial charge >= 0.3 is 6.03 Å². The van der Waals surface area contributed by atoms with Crippen LogP contribution in [0.5, 0.6) is 0 Å². The molecule has 0 saturated carbocycles. The third-order valence-corrected chi connectivity index (χ3v) is 3.90. The smallest absolute Gasteiger partial charge is 0.319 e. The highest BCUT2D eigenvalue weighted by Gasteiger charge is 2.21. The summed E-state index contributed by atoms with van der Waals surface area (Å²) in [5.41, 5.74) is 0.791. The van der Waals surface area contributed by atoms with Crippen LogP contribution in [0.4, 0.5) is 9.18 Å². The highest BCUT2D eigenvalue weighted by molar-refractivity contribution is 5.73. The van der Waals surface area contributed by atoms with Gasteiger partial charge in [-0.2, -0.15) is 0 Å². The van der Waals surface area contributed by atoms with Gasteiger partial charge in [0, 0.05) is 40.3 Å². The van der Waals surface area contributed by atoms with Gasteiger partial charge in [0.1, 0.15) is 5.82 Å². The van der Waals surface area contributed by atoms with Gasteiger partial charge in [-0.05, 0) is 31.0 Å². The SMILES string of the molecule is CN(C)C(=O)N1CCN(CCCc2ccccc2F)CC1.